The van der Waals surface area contributed by atoms with Crippen LogP contribution >= 0.6 is 11.6 Å². The fraction of sp³-hybridized carbons (Fsp3) is 0.118. The Labute approximate surface area is 142 Å². The van der Waals surface area contributed by atoms with Gasteiger partial charge in [-0.3, -0.25) is 4.79 Å². The molecule has 0 atom stereocenters. The van der Waals surface area contributed by atoms with E-state index in [9.17, 15) is 9.18 Å². The predicted molar refractivity (Wildman–Crippen MR) is 88.1 cm³/mol. The van der Waals surface area contributed by atoms with Crippen LogP contribution in [0.4, 0.5) is 10.2 Å². The Balaban J connectivity index is 1.58. The lowest BCUT2D eigenvalue weighted by atomic mass is 10.2. The summed E-state index contributed by atoms with van der Waals surface area (Å²) in [6.07, 6.45) is 3.37. The number of rotatable bonds is 5. The summed E-state index contributed by atoms with van der Waals surface area (Å²) in [6.45, 7) is 0. The van der Waals surface area contributed by atoms with E-state index in [0.717, 1.165) is 0 Å². The molecule has 2 aromatic heterocycles. The van der Waals surface area contributed by atoms with Crippen molar-refractivity contribution >= 4 is 23.3 Å². The maximum absolute atomic E-state index is 13.7. The number of amides is 1. The molecule has 0 aliphatic heterocycles. The van der Waals surface area contributed by atoms with E-state index in [0.29, 0.717) is 34.5 Å². The maximum atomic E-state index is 13.7. The molecule has 3 aromatic rings. The molecular formula is C17H13ClFN3O2. The van der Waals surface area contributed by atoms with Gasteiger partial charge in [-0.1, -0.05) is 23.7 Å². The normalized spacial score (nSPS) is 10.6. The summed E-state index contributed by atoms with van der Waals surface area (Å²) in [5.74, 6) is 0.515. The lowest BCUT2D eigenvalue weighted by molar-refractivity contribution is -0.116. The van der Waals surface area contributed by atoms with Crippen molar-refractivity contribution in [2.24, 2.45) is 0 Å². The monoisotopic (exact) mass is 345 g/mol. The quantitative estimate of drug-likeness (QED) is 0.756. The number of aryl methyl sites for hydroxylation is 1. The van der Waals surface area contributed by atoms with Crippen molar-refractivity contribution in [2.75, 3.05) is 5.32 Å². The zero-order valence-corrected chi connectivity index (χ0v) is 13.3. The highest BCUT2D eigenvalue weighted by atomic mass is 35.5. The van der Waals surface area contributed by atoms with Gasteiger partial charge in [-0.15, -0.1) is 0 Å². The van der Waals surface area contributed by atoms with Gasteiger partial charge in [0.2, 0.25) is 5.91 Å². The molecule has 122 valence electrons. The third-order valence-electron chi connectivity index (χ3n) is 3.25. The molecule has 2 heterocycles. The summed E-state index contributed by atoms with van der Waals surface area (Å²) in [7, 11) is 0. The second-order valence-electron chi connectivity index (χ2n) is 5.01. The average molecular weight is 346 g/mol. The van der Waals surface area contributed by atoms with Gasteiger partial charge in [0.25, 0.3) is 0 Å². The SMILES string of the molecule is O=C(CCc1ncc(-c2ccccc2F)o1)Nc1ccc(Cl)cn1. The van der Waals surface area contributed by atoms with Crippen LogP contribution in [0.2, 0.25) is 5.02 Å². The van der Waals surface area contributed by atoms with Gasteiger partial charge in [0.15, 0.2) is 11.7 Å². The second kappa shape index (κ2) is 7.23. The number of oxazole rings is 1. The van der Waals surface area contributed by atoms with Crippen molar-refractivity contribution in [3.8, 4) is 11.3 Å². The molecule has 0 aliphatic carbocycles. The minimum Gasteiger partial charge on any atom is -0.441 e. The molecule has 1 aromatic carbocycles. The summed E-state index contributed by atoms with van der Waals surface area (Å²) in [4.78, 5) is 19.9. The summed E-state index contributed by atoms with van der Waals surface area (Å²) in [5.41, 5.74) is 0.339. The molecule has 1 amide bonds. The fourth-order valence-corrected chi connectivity index (χ4v) is 2.20. The van der Waals surface area contributed by atoms with E-state index in [1.54, 1.807) is 30.3 Å². The van der Waals surface area contributed by atoms with E-state index in [4.69, 9.17) is 16.0 Å². The van der Waals surface area contributed by atoms with E-state index in [1.165, 1.54) is 18.5 Å². The van der Waals surface area contributed by atoms with Crippen molar-refractivity contribution in [3.63, 3.8) is 0 Å². The van der Waals surface area contributed by atoms with Crippen LogP contribution in [0.25, 0.3) is 11.3 Å². The smallest absolute Gasteiger partial charge is 0.226 e. The molecule has 0 aliphatic rings. The Morgan fingerprint density at radius 1 is 1.17 bits per heavy atom. The number of hydrogen-bond donors (Lipinski definition) is 1. The van der Waals surface area contributed by atoms with Crippen LogP contribution in [0.15, 0.2) is 53.2 Å². The minimum atomic E-state index is -0.383. The molecule has 7 heteroatoms. The van der Waals surface area contributed by atoms with Crippen molar-refractivity contribution in [2.45, 2.75) is 12.8 Å². The topological polar surface area (TPSA) is 68.0 Å². The van der Waals surface area contributed by atoms with E-state index in [2.05, 4.69) is 15.3 Å². The number of anilines is 1. The van der Waals surface area contributed by atoms with Gasteiger partial charge < -0.3 is 9.73 Å². The highest BCUT2D eigenvalue weighted by molar-refractivity contribution is 6.30. The maximum Gasteiger partial charge on any atom is 0.226 e. The highest BCUT2D eigenvalue weighted by Gasteiger charge is 2.12. The summed E-state index contributed by atoms with van der Waals surface area (Å²) >= 11 is 5.73. The number of nitrogens with one attached hydrogen (secondary N) is 1. The molecule has 0 radical (unpaired) electrons. The Hall–Kier alpha value is -2.73. The van der Waals surface area contributed by atoms with Gasteiger partial charge in [0.1, 0.15) is 11.6 Å². The molecule has 1 N–H and O–H groups in total. The fourth-order valence-electron chi connectivity index (χ4n) is 2.09. The van der Waals surface area contributed by atoms with Crippen molar-refractivity contribution in [1.82, 2.24) is 9.97 Å². The Kier molecular flexibility index (Phi) is 4.86. The van der Waals surface area contributed by atoms with E-state index in [1.807, 2.05) is 0 Å². The van der Waals surface area contributed by atoms with Crippen molar-refractivity contribution in [1.29, 1.82) is 0 Å². The first kappa shape index (κ1) is 16.1. The van der Waals surface area contributed by atoms with Crippen LogP contribution in [0.5, 0.6) is 0 Å². The van der Waals surface area contributed by atoms with Crippen molar-refractivity contribution in [3.05, 3.63) is 65.5 Å². The molecule has 24 heavy (non-hydrogen) atoms. The van der Waals surface area contributed by atoms with Gasteiger partial charge in [-0.05, 0) is 24.3 Å². The summed E-state index contributed by atoms with van der Waals surface area (Å²) < 4.78 is 19.2. The lowest BCUT2D eigenvalue weighted by Crippen LogP contribution is -2.13. The van der Waals surface area contributed by atoms with Gasteiger partial charge in [0, 0.05) is 19.0 Å². The number of aromatic nitrogens is 2. The number of nitrogens with zero attached hydrogens (tertiary/aromatic N) is 2. The molecule has 3 rings (SSSR count). The molecule has 5 nitrogen and oxygen atoms in total. The van der Waals surface area contributed by atoms with Crippen LogP contribution in [-0.4, -0.2) is 15.9 Å². The highest BCUT2D eigenvalue weighted by Crippen LogP contribution is 2.23. The first-order chi connectivity index (χ1) is 11.6. The third-order valence-corrected chi connectivity index (χ3v) is 3.48. The van der Waals surface area contributed by atoms with Crippen LogP contribution in [-0.2, 0) is 11.2 Å². The number of carbonyl (C=O) groups is 1. The Morgan fingerprint density at radius 2 is 2.00 bits per heavy atom. The zero-order valence-electron chi connectivity index (χ0n) is 12.5. The van der Waals surface area contributed by atoms with E-state index >= 15 is 0 Å². The average Bonchev–Trinajstić information content (AvgIpc) is 3.04. The van der Waals surface area contributed by atoms with Gasteiger partial charge >= 0.3 is 0 Å². The van der Waals surface area contributed by atoms with E-state index in [-0.39, 0.29) is 18.1 Å². The van der Waals surface area contributed by atoms with Gasteiger partial charge in [-0.2, -0.15) is 0 Å². The summed E-state index contributed by atoms with van der Waals surface area (Å²) in [6, 6.07) is 9.53. The third kappa shape index (κ3) is 3.97. The van der Waals surface area contributed by atoms with Crippen LogP contribution in [0.3, 0.4) is 0 Å². The van der Waals surface area contributed by atoms with Crippen LogP contribution in [0, 0.1) is 5.82 Å². The van der Waals surface area contributed by atoms with Crippen LogP contribution < -0.4 is 5.32 Å². The van der Waals surface area contributed by atoms with E-state index < -0.39 is 0 Å². The second-order valence-corrected chi connectivity index (χ2v) is 5.44. The largest absolute Gasteiger partial charge is 0.441 e. The molecule has 0 saturated heterocycles. The first-order valence-corrected chi connectivity index (χ1v) is 7.60. The molecule has 0 spiro atoms. The number of carbonyl (C=O) groups excluding carboxylic acids is 1. The molecule has 0 bridgehead atoms. The Bertz CT molecular complexity index is 849. The lowest BCUT2D eigenvalue weighted by Gasteiger charge is -2.03. The molecular weight excluding hydrogens is 333 g/mol. The minimum absolute atomic E-state index is 0.168. The molecule has 0 unspecified atom stereocenters. The number of halogens is 2. The Morgan fingerprint density at radius 3 is 2.75 bits per heavy atom. The predicted octanol–water partition coefficient (Wildman–Crippen LogP) is 4.10. The first-order valence-electron chi connectivity index (χ1n) is 7.23. The molecule has 0 saturated carbocycles. The summed E-state index contributed by atoms with van der Waals surface area (Å²) in [5, 5.41) is 3.14. The molecule has 0 fully saturated rings. The van der Waals surface area contributed by atoms with Gasteiger partial charge in [0.05, 0.1) is 16.8 Å². The van der Waals surface area contributed by atoms with Gasteiger partial charge in [-0.25, -0.2) is 14.4 Å². The number of hydrogen-bond acceptors (Lipinski definition) is 4. The zero-order chi connectivity index (χ0) is 16.9. The number of pyridine rings is 1. The van der Waals surface area contributed by atoms with Crippen molar-refractivity contribution < 1.29 is 13.6 Å². The van der Waals surface area contributed by atoms with Crippen LogP contribution in [0.1, 0.15) is 12.3 Å². The number of benzene rings is 1. The standard InChI is InChI=1S/C17H13ClFN3O2/c18-11-5-6-15(20-9-11)22-16(23)7-8-17-21-10-14(24-17)12-3-1-2-4-13(12)19/h1-6,9-10H,7-8H2,(H,20,22,23).